The topological polar surface area (TPSA) is 41.1 Å². The second kappa shape index (κ2) is 7.15. The molecule has 0 aliphatic rings. The smallest absolute Gasteiger partial charge is 0.376 e. The van der Waals surface area contributed by atoms with Gasteiger partial charge in [-0.1, -0.05) is 6.07 Å². The van der Waals surface area contributed by atoms with Crippen molar-refractivity contribution in [1.29, 1.82) is 0 Å². The number of benzene rings is 1. The molecule has 1 aromatic carbocycles. The normalized spacial score (nSPS) is 11.3. The summed E-state index contributed by atoms with van der Waals surface area (Å²) in [5, 5.41) is 7.28. The summed E-state index contributed by atoms with van der Waals surface area (Å²) in [6.45, 7) is 0.299. The predicted molar refractivity (Wildman–Crippen MR) is 83.8 cm³/mol. The third kappa shape index (κ3) is 5.03. The molecule has 0 bridgehead atoms. The summed E-state index contributed by atoms with van der Waals surface area (Å²) in [7, 11) is 0. The van der Waals surface area contributed by atoms with Crippen molar-refractivity contribution in [1.82, 2.24) is 5.32 Å². The summed E-state index contributed by atoms with van der Waals surface area (Å²) in [6, 6.07) is 6.64. The van der Waals surface area contributed by atoms with E-state index in [0.29, 0.717) is 6.54 Å². The molecule has 0 saturated carbocycles. The van der Waals surface area contributed by atoms with E-state index < -0.39 is 11.7 Å². The van der Waals surface area contributed by atoms with E-state index in [1.54, 1.807) is 0 Å². The van der Waals surface area contributed by atoms with Crippen LogP contribution < -0.4 is 10.6 Å². The Kier molecular flexibility index (Phi) is 5.47. The van der Waals surface area contributed by atoms with E-state index in [-0.39, 0.29) is 18.1 Å². The van der Waals surface area contributed by atoms with Gasteiger partial charge in [-0.15, -0.1) is 11.3 Å². The molecular weight excluding hydrogens is 381 g/mol. The number of anilines is 1. The first-order valence-corrected chi connectivity index (χ1v) is 7.92. The molecule has 0 atom stereocenters. The van der Waals surface area contributed by atoms with Gasteiger partial charge < -0.3 is 10.6 Å². The van der Waals surface area contributed by atoms with Crippen molar-refractivity contribution in [3.63, 3.8) is 0 Å². The van der Waals surface area contributed by atoms with E-state index in [1.165, 1.54) is 23.5 Å². The first-order chi connectivity index (χ1) is 10.3. The molecule has 1 aromatic heterocycles. The van der Waals surface area contributed by atoms with Gasteiger partial charge in [0.2, 0.25) is 5.91 Å². The Bertz CT molecular complexity index is 658. The molecule has 0 unspecified atom stereocenters. The molecule has 118 valence electrons. The lowest BCUT2D eigenvalue weighted by molar-refractivity contribution is -0.137. The van der Waals surface area contributed by atoms with Gasteiger partial charge in [-0.2, -0.15) is 13.2 Å². The average molecular weight is 393 g/mol. The monoisotopic (exact) mass is 392 g/mol. The molecule has 0 spiro atoms. The van der Waals surface area contributed by atoms with Gasteiger partial charge in [0.05, 0.1) is 18.7 Å². The molecule has 2 rings (SSSR count). The maximum Gasteiger partial charge on any atom is 0.416 e. The van der Waals surface area contributed by atoms with Crippen LogP contribution in [0.1, 0.15) is 10.4 Å². The highest BCUT2D eigenvalue weighted by atomic mass is 79.9. The van der Waals surface area contributed by atoms with Crippen LogP contribution in [0.4, 0.5) is 18.9 Å². The summed E-state index contributed by atoms with van der Waals surface area (Å²) in [6.07, 6.45) is -4.40. The summed E-state index contributed by atoms with van der Waals surface area (Å²) in [5.74, 6) is -0.290. The zero-order chi connectivity index (χ0) is 16.2. The van der Waals surface area contributed by atoms with Crippen LogP contribution in [0.3, 0.4) is 0 Å². The minimum Gasteiger partial charge on any atom is -0.376 e. The van der Waals surface area contributed by atoms with Gasteiger partial charge in [-0.3, -0.25) is 4.79 Å². The predicted octanol–water partition coefficient (Wildman–Crippen LogP) is 4.26. The molecular formula is C14H12BrF3N2OS. The first kappa shape index (κ1) is 16.8. The Morgan fingerprint density at radius 1 is 1.27 bits per heavy atom. The highest BCUT2D eigenvalue weighted by Crippen LogP contribution is 2.30. The standard InChI is InChI=1S/C14H12BrF3N2OS/c15-10-5-12(22-8-10)6-20-13(21)7-19-11-3-1-2-9(4-11)14(16,17)18/h1-5,8,19H,6-7H2,(H,20,21). The summed E-state index contributed by atoms with van der Waals surface area (Å²) >= 11 is 4.82. The fourth-order valence-corrected chi connectivity index (χ4v) is 3.07. The van der Waals surface area contributed by atoms with Crippen LogP contribution in [0.25, 0.3) is 0 Å². The summed E-state index contributed by atoms with van der Waals surface area (Å²) < 4.78 is 38.7. The van der Waals surface area contributed by atoms with Gasteiger partial charge in [0, 0.05) is 20.4 Å². The molecule has 0 radical (unpaired) electrons. The number of hydrogen-bond donors (Lipinski definition) is 2. The van der Waals surface area contributed by atoms with Crippen molar-refractivity contribution < 1.29 is 18.0 Å². The van der Waals surface area contributed by atoms with Gasteiger partial charge in [0.25, 0.3) is 0 Å². The van der Waals surface area contributed by atoms with Gasteiger partial charge in [0.15, 0.2) is 0 Å². The first-order valence-electron chi connectivity index (χ1n) is 6.25. The third-order valence-electron chi connectivity index (χ3n) is 2.72. The van der Waals surface area contributed by atoms with Crippen LogP contribution in [0.2, 0.25) is 0 Å². The number of alkyl halides is 3. The number of hydrogen-bond acceptors (Lipinski definition) is 3. The number of amides is 1. The number of rotatable bonds is 5. The molecule has 2 N–H and O–H groups in total. The van der Waals surface area contributed by atoms with Crippen molar-refractivity contribution in [2.45, 2.75) is 12.7 Å². The Morgan fingerprint density at radius 3 is 2.68 bits per heavy atom. The van der Waals surface area contributed by atoms with Crippen LogP contribution in [-0.4, -0.2) is 12.5 Å². The number of thiophene rings is 1. The molecule has 0 saturated heterocycles. The maximum atomic E-state index is 12.6. The second-order valence-electron chi connectivity index (χ2n) is 4.44. The highest BCUT2D eigenvalue weighted by Gasteiger charge is 2.30. The van der Waals surface area contributed by atoms with Crippen LogP contribution in [-0.2, 0) is 17.5 Å². The fraction of sp³-hybridized carbons (Fsp3) is 0.214. The quantitative estimate of drug-likeness (QED) is 0.797. The van der Waals surface area contributed by atoms with Crippen LogP contribution >= 0.6 is 27.3 Å². The number of carbonyl (C=O) groups is 1. The van der Waals surface area contributed by atoms with Crippen molar-refractivity contribution >= 4 is 38.9 Å². The van der Waals surface area contributed by atoms with E-state index in [2.05, 4.69) is 26.6 Å². The molecule has 1 heterocycles. The van der Waals surface area contributed by atoms with Gasteiger partial charge in [0.1, 0.15) is 0 Å². The fourth-order valence-electron chi connectivity index (χ4n) is 1.68. The Labute approximate surface area is 137 Å². The molecule has 8 heteroatoms. The van der Waals surface area contributed by atoms with E-state index >= 15 is 0 Å². The van der Waals surface area contributed by atoms with Gasteiger partial charge >= 0.3 is 6.18 Å². The lowest BCUT2D eigenvalue weighted by atomic mass is 10.2. The van der Waals surface area contributed by atoms with Crippen molar-refractivity contribution in [3.05, 3.63) is 50.6 Å². The maximum absolute atomic E-state index is 12.6. The Hall–Kier alpha value is -1.54. The number of halogens is 4. The van der Waals surface area contributed by atoms with E-state index in [4.69, 9.17) is 0 Å². The SMILES string of the molecule is O=C(CNc1cccc(C(F)(F)F)c1)NCc1cc(Br)cs1. The van der Waals surface area contributed by atoms with E-state index in [1.807, 2.05) is 11.4 Å². The molecule has 3 nitrogen and oxygen atoms in total. The molecule has 0 fully saturated rings. The lowest BCUT2D eigenvalue weighted by Crippen LogP contribution is -2.29. The van der Waals surface area contributed by atoms with E-state index in [0.717, 1.165) is 21.5 Å². The highest BCUT2D eigenvalue weighted by molar-refractivity contribution is 9.10. The Balaban J connectivity index is 1.83. The average Bonchev–Trinajstić information content (AvgIpc) is 2.88. The lowest BCUT2D eigenvalue weighted by Gasteiger charge is -2.10. The minimum atomic E-state index is -4.40. The van der Waals surface area contributed by atoms with Crippen molar-refractivity contribution in [2.24, 2.45) is 0 Å². The molecule has 1 amide bonds. The zero-order valence-corrected chi connectivity index (χ0v) is 13.6. The van der Waals surface area contributed by atoms with Crippen LogP contribution in [0.15, 0.2) is 40.2 Å². The summed E-state index contributed by atoms with van der Waals surface area (Å²) in [4.78, 5) is 12.7. The number of carbonyl (C=O) groups excluding carboxylic acids is 1. The van der Waals surface area contributed by atoms with Gasteiger partial charge in [-0.05, 0) is 40.2 Å². The molecule has 22 heavy (non-hydrogen) atoms. The molecule has 2 aromatic rings. The molecule has 0 aliphatic carbocycles. The van der Waals surface area contributed by atoms with E-state index in [9.17, 15) is 18.0 Å². The van der Waals surface area contributed by atoms with Crippen molar-refractivity contribution in [3.8, 4) is 0 Å². The number of nitrogens with one attached hydrogen (secondary N) is 2. The third-order valence-corrected chi connectivity index (χ3v) is 4.42. The largest absolute Gasteiger partial charge is 0.416 e. The molecule has 0 aliphatic heterocycles. The second-order valence-corrected chi connectivity index (χ2v) is 6.35. The van der Waals surface area contributed by atoms with Crippen molar-refractivity contribution in [2.75, 3.05) is 11.9 Å². The minimum absolute atomic E-state index is 0.0894. The van der Waals surface area contributed by atoms with Gasteiger partial charge in [-0.25, -0.2) is 0 Å². The van der Waals surface area contributed by atoms with Crippen LogP contribution in [0.5, 0.6) is 0 Å². The van der Waals surface area contributed by atoms with Crippen LogP contribution in [0, 0.1) is 0 Å². The zero-order valence-electron chi connectivity index (χ0n) is 11.2. The summed E-state index contributed by atoms with van der Waals surface area (Å²) in [5.41, 5.74) is -0.495. The Morgan fingerprint density at radius 2 is 2.05 bits per heavy atom.